The molecule has 5 heteroatoms. The molecule has 3 rings (SSSR count). The molecule has 0 spiro atoms. The monoisotopic (exact) mass is 408 g/mol. The van der Waals surface area contributed by atoms with Crippen LogP contribution in [0.15, 0.2) is 94.5 Å². The first-order valence-corrected chi connectivity index (χ1v) is 8.83. The summed E-state index contributed by atoms with van der Waals surface area (Å²) in [5.41, 5.74) is 2.38. The molecule has 0 fully saturated rings. The van der Waals surface area contributed by atoms with Gasteiger partial charge in [0.15, 0.2) is 5.60 Å². The zero-order valence-electron chi connectivity index (χ0n) is 13.8. The van der Waals surface area contributed by atoms with E-state index in [-0.39, 0.29) is 0 Å². The lowest BCUT2D eigenvalue weighted by Gasteiger charge is -2.27. The summed E-state index contributed by atoms with van der Waals surface area (Å²) in [6.45, 7) is 0. The van der Waals surface area contributed by atoms with Crippen molar-refractivity contribution in [3.8, 4) is 0 Å². The highest BCUT2D eigenvalue weighted by molar-refractivity contribution is 9.10. The zero-order valence-corrected chi connectivity index (χ0v) is 15.4. The van der Waals surface area contributed by atoms with E-state index in [2.05, 4.69) is 26.5 Å². The van der Waals surface area contributed by atoms with Crippen LogP contribution in [0, 0.1) is 0 Å². The Morgan fingerprint density at radius 2 is 1.38 bits per heavy atom. The van der Waals surface area contributed by atoms with Crippen LogP contribution in [0.5, 0.6) is 0 Å². The fourth-order valence-electron chi connectivity index (χ4n) is 2.61. The normalized spacial score (nSPS) is 11.5. The summed E-state index contributed by atoms with van der Waals surface area (Å²) in [5, 5.41) is 15.3. The fourth-order valence-corrected chi connectivity index (χ4v) is 3.00. The van der Waals surface area contributed by atoms with E-state index in [1.807, 2.05) is 36.4 Å². The number of carbonyl (C=O) groups is 1. The van der Waals surface area contributed by atoms with Gasteiger partial charge < -0.3 is 5.11 Å². The Morgan fingerprint density at radius 3 is 1.92 bits per heavy atom. The molecule has 0 saturated heterocycles. The number of hydrogen-bond donors (Lipinski definition) is 2. The van der Waals surface area contributed by atoms with Crippen LogP contribution in [0.2, 0.25) is 0 Å². The minimum atomic E-state index is -1.84. The number of hydrogen-bond acceptors (Lipinski definition) is 3. The number of aliphatic hydroxyl groups is 1. The van der Waals surface area contributed by atoms with Gasteiger partial charge in [0.2, 0.25) is 0 Å². The first-order valence-electron chi connectivity index (χ1n) is 8.04. The lowest BCUT2D eigenvalue weighted by Crippen LogP contribution is -2.43. The van der Waals surface area contributed by atoms with E-state index in [4.69, 9.17) is 0 Å². The molecule has 2 N–H and O–H groups in total. The van der Waals surface area contributed by atoms with Crippen LogP contribution in [0.25, 0.3) is 0 Å². The van der Waals surface area contributed by atoms with Crippen molar-refractivity contribution in [2.45, 2.75) is 5.60 Å². The lowest BCUT2D eigenvalue weighted by atomic mass is 9.85. The molecule has 3 aromatic rings. The number of nitrogens with zero attached hydrogens (tertiary/aromatic N) is 1. The maximum absolute atomic E-state index is 12.9. The molecule has 26 heavy (non-hydrogen) atoms. The average molecular weight is 409 g/mol. The SMILES string of the molecule is O=C(N/N=C/c1ccccc1Br)C(O)(c1ccccc1)c1ccccc1. The first-order chi connectivity index (χ1) is 12.6. The molecule has 0 bridgehead atoms. The summed E-state index contributed by atoms with van der Waals surface area (Å²) in [5.74, 6) is -0.627. The van der Waals surface area contributed by atoms with Gasteiger partial charge in [-0.25, -0.2) is 5.43 Å². The minimum absolute atomic E-state index is 0.472. The highest BCUT2D eigenvalue weighted by atomic mass is 79.9. The average Bonchev–Trinajstić information content (AvgIpc) is 2.70. The molecule has 0 atom stereocenters. The third kappa shape index (κ3) is 3.74. The topological polar surface area (TPSA) is 61.7 Å². The number of hydrazone groups is 1. The lowest BCUT2D eigenvalue weighted by molar-refractivity contribution is -0.136. The van der Waals surface area contributed by atoms with Crippen molar-refractivity contribution < 1.29 is 9.90 Å². The smallest absolute Gasteiger partial charge is 0.281 e. The Kier molecular flexibility index (Phi) is 5.61. The van der Waals surface area contributed by atoms with Crippen LogP contribution in [0.4, 0.5) is 0 Å². The van der Waals surface area contributed by atoms with Gasteiger partial charge in [-0.2, -0.15) is 5.10 Å². The van der Waals surface area contributed by atoms with Gasteiger partial charge >= 0.3 is 0 Å². The van der Waals surface area contributed by atoms with Crippen molar-refractivity contribution >= 4 is 28.1 Å². The van der Waals surface area contributed by atoms with Crippen molar-refractivity contribution in [2.24, 2.45) is 5.10 Å². The van der Waals surface area contributed by atoms with Crippen molar-refractivity contribution in [1.82, 2.24) is 5.43 Å². The predicted molar refractivity (Wildman–Crippen MR) is 106 cm³/mol. The molecular weight excluding hydrogens is 392 g/mol. The molecule has 130 valence electrons. The summed E-state index contributed by atoms with van der Waals surface area (Å²) in [6.07, 6.45) is 1.53. The van der Waals surface area contributed by atoms with E-state index in [1.54, 1.807) is 48.5 Å². The van der Waals surface area contributed by atoms with Gasteiger partial charge in [-0.1, -0.05) is 94.8 Å². The predicted octanol–water partition coefficient (Wildman–Crippen LogP) is 3.84. The quantitative estimate of drug-likeness (QED) is 0.497. The number of benzene rings is 3. The molecule has 3 aromatic carbocycles. The summed E-state index contributed by atoms with van der Waals surface area (Å²) in [4.78, 5) is 12.9. The maximum Gasteiger partial charge on any atom is 0.281 e. The van der Waals surface area contributed by atoms with E-state index in [0.717, 1.165) is 10.0 Å². The van der Waals surface area contributed by atoms with Gasteiger partial charge in [-0.05, 0) is 17.2 Å². The van der Waals surface area contributed by atoms with E-state index >= 15 is 0 Å². The Morgan fingerprint density at radius 1 is 0.885 bits per heavy atom. The molecule has 0 saturated carbocycles. The molecule has 0 aliphatic rings. The van der Waals surface area contributed by atoms with Gasteiger partial charge in [0, 0.05) is 10.0 Å². The minimum Gasteiger partial charge on any atom is -0.372 e. The Labute approximate surface area is 160 Å². The van der Waals surface area contributed by atoms with Crippen LogP contribution < -0.4 is 5.43 Å². The highest BCUT2D eigenvalue weighted by Crippen LogP contribution is 2.29. The summed E-state index contributed by atoms with van der Waals surface area (Å²) in [7, 11) is 0. The Balaban J connectivity index is 1.90. The molecule has 0 aromatic heterocycles. The largest absolute Gasteiger partial charge is 0.372 e. The molecule has 4 nitrogen and oxygen atoms in total. The molecule has 0 aliphatic heterocycles. The van der Waals surface area contributed by atoms with Crippen molar-refractivity contribution in [3.63, 3.8) is 0 Å². The molecule has 0 radical (unpaired) electrons. The van der Waals surface area contributed by atoms with E-state index < -0.39 is 11.5 Å². The van der Waals surface area contributed by atoms with Crippen LogP contribution >= 0.6 is 15.9 Å². The number of rotatable bonds is 5. The third-order valence-electron chi connectivity index (χ3n) is 3.99. The summed E-state index contributed by atoms with van der Waals surface area (Å²) in [6, 6.07) is 25.1. The molecule has 0 aliphatic carbocycles. The van der Waals surface area contributed by atoms with Crippen molar-refractivity contribution in [2.75, 3.05) is 0 Å². The van der Waals surface area contributed by atoms with Gasteiger partial charge in [0.25, 0.3) is 5.91 Å². The second-order valence-corrected chi connectivity index (χ2v) is 6.52. The van der Waals surface area contributed by atoms with Crippen LogP contribution in [0.1, 0.15) is 16.7 Å². The standard InChI is InChI=1S/C21H17BrN2O2/c22-19-14-8-7-9-16(19)15-23-24-20(25)21(26,17-10-3-1-4-11-17)18-12-5-2-6-13-18/h1-15,26H,(H,24,25)/b23-15+. The zero-order chi connectivity index (χ0) is 18.4. The maximum atomic E-state index is 12.9. The summed E-state index contributed by atoms with van der Waals surface area (Å²) >= 11 is 3.42. The second kappa shape index (κ2) is 8.08. The Bertz CT molecular complexity index is 872. The van der Waals surface area contributed by atoms with Gasteiger partial charge in [0.1, 0.15) is 0 Å². The Hall–Kier alpha value is -2.76. The fraction of sp³-hybridized carbons (Fsp3) is 0.0476. The highest BCUT2D eigenvalue weighted by Gasteiger charge is 2.39. The van der Waals surface area contributed by atoms with E-state index in [1.165, 1.54) is 6.21 Å². The van der Waals surface area contributed by atoms with Gasteiger partial charge in [-0.3, -0.25) is 4.79 Å². The molecular formula is C21H17BrN2O2. The van der Waals surface area contributed by atoms with Crippen molar-refractivity contribution in [1.29, 1.82) is 0 Å². The van der Waals surface area contributed by atoms with Crippen LogP contribution in [-0.2, 0) is 10.4 Å². The van der Waals surface area contributed by atoms with Gasteiger partial charge in [0.05, 0.1) is 6.21 Å². The van der Waals surface area contributed by atoms with Crippen LogP contribution in [-0.4, -0.2) is 17.2 Å². The molecule has 0 unspecified atom stereocenters. The first kappa shape index (κ1) is 18.0. The third-order valence-corrected chi connectivity index (χ3v) is 4.71. The van der Waals surface area contributed by atoms with Gasteiger partial charge in [-0.15, -0.1) is 0 Å². The van der Waals surface area contributed by atoms with Crippen molar-refractivity contribution in [3.05, 3.63) is 106 Å². The molecule has 1 amide bonds. The van der Waals surface area contributed by atoms with E-state index in [9.17, 15) is 9.90 Å². The number of carbonyl (C=O) groups excluding carboxylic acids is 1. The number of nitrogens with one attached hydrogen (secondary N) is 1. The molecule has 0 heterocycles. The van der Waals surface area contributed by atoms with Crippen LogP contribution in [0.3, 0.4) is 0 Å². The summed E-state index contributed by atoms with van der Waals surface area (Å²) < 4.78 is 0.861. The number of halogens is 1. The van der Waals surface area contributed by atoms with E-state index in [0.29, 0.717) is 11.1 Å². The second-order valence-electron chi connectivity index (χ2n) is 5.66. The number of amides is 1.